The Balaban J connectivity index is 2.12. The summed E-state index contributed by atoms with van der Waals surface area (Å²) in [5.74, 6) is 1.02. The molecule has 0 aliphatic rings. The molecule has 0 radical (unpaired) electrons. The van der Waals surface area contributed by atoms with Crippen LogP contribution in [0.2, 0.25) is 0 Å². The molecule has 1 atom stereocenters. The normalized spacial score (nSPS) is 11.6. The Morgan fingerprint density at radius 3 is 2.52 bits per heavy atom. The molecule has 0 bridgehead atoms. The highest BCUT2D eigenvalue weighted by molar-refractivity contribution is 7.99. The third-order valence-electron chi connectivity index (χ3n) is 4.83. The van der Waals surface area contributed by atoms with E-state index in [9.17, 15) is 14.0 Å². The number of methoxy groups -OCH3 is 1. The van der Waals surface area contributed by atoms with Gasteiger partial charge in [-0.3, -0.25) is 9.59 Å². The van der Waals surface area contributed by atoms with Crippen LogP contribution in [-0.4, -0.2) is 42.2 Å². The first-order valence-electron chi connectivity index (χ1n) is 10.5. The molecule has 0 spiro atoms. The molecule has 0 aliphatic heterocycles. The second-order valence-electron chi connectivity index (χ2n) is 7.21. The van der Waals surface area contributed by atoms with Crippen LogP contribution in [0.5, 0.6) is 5.75 Å². The minimum absolute atomic E-state index is 0.103. The summed E-state index contributed by atoms with van der Waals surface area (Å²) in [4.78, 5) is 27.6. The quantitative estimate of drug-likeness (QED) is 0.525. The first-order valence-corrected chi connectivity index (χ1v) is 11.7. The van der Waals surface area contributed by atoms with Crippen LogP contribution in [0, 0.1) is 5.82 Å². The number of thioether (sulfide) groups is 1. The first kappa shape index (κ1) is 24.7. The highest BCUT2D eigenvalue weighted by Crippen LogP contribution is 2.20. The fourth-order valence-electron chi connectivity index (χ4n) is 3.17. The molecule has 2 aromatic rings. The Labute approximate surface area is 188 Å². The van der Waals surface area contributed by atoms with Crippen molar-refractivity contribution in [1.82, 2.24) is 10.2 Å². The number of halogens is 1. The molecule has 0 saturated heterocycles. The smallest absolute Gasteiger partial charge is 0.242 e. The Kier molecular flexibility index (Phi) is 10.4. The Hall–Kier alpha value is -2.54. The summed E-state index contributed by atoms with van der Waals surface area (Å²) in [7, 11) is 1.60. The van der Waals surface area contributed by atoms with E-state index < -0.39 is 6.04 Å². The number of amides is 2. The molecule has 0 unspecified atom stereocenters. The SMILES string of the molecule is CCCNC(=O)[C@@H](CC)N(Cc1cccc(OC)c1)C(=O)CSCc1ccc(F)cc1. The second kappa shape index (κ2) is 13.0. The molecule has 168 valence electrons. The van der Waals surface area contributed by atoms with Gasteiger partial charge in [0.1, 0.15) is 17.6 Å². The summed E-state index contributed by atoms with van der Waals surface area (Å²) in [6.07, 6.45) is 1.35. The number of rotatable bonds is 12. The number of nitrogens with zero attached hydrogens (tertiary/aromatic N) is 1. The summed E-state index contributed by atoms with van der Waals surface area (Å²) in [5, 5.41) is 2.91. The molecule has 0 heterocycles. The predicted octanol–water partition coefficient (Wildman–Crippen LogP) is 4.40. The van der Waals surface area contributed by atoms with Gasteiger partial charge in [-0.1, -0.05) is 38.1 Å². The summed E-state index contributed by atoms with van der Waals surface area (Å²) >= 11 is 1.45. The van der Waals surface area contributed by atoms with E-state index in [2.05, 4.69) is 5.32 Å². The molecule has 0 saturated carbocycles. The van der Waals surface area contributed by atoms with Gasteiger partial charge in [0.15, 0.2) is 0 Å². The fourth-order valence-corrected chi connectivity index (χ4v) is 4.04. The zero-order valence-corrected chi connectivity index (χ0v) is 19.2. The topological polar surface area (TPSA) is 58.6 Å². The lowest BCUT2D eigenvalue weighted by Gasteiger charge is -2.30. The van der Waals surface area contributed by atoms with Gasteiger partial charge in [-0.2, -0.15) is 0 Å². The maximum absolute atomic E-state index is 13.2. The fraction of sp³-hybridized carbons (Fsp3) is 0.417. The van der Waals surface area contributed by atoms with Crippen LogP contribution in [0.3, 0.4) is 0 Å². The molecule has 2 aromatic carbocycles. The first-order chi connectivity index (χ1) is 15.0. The third kappa shape index (κ3) is 7.90. The van der Waals surface area contributed by atoms with Gasteiger partial charge in [-0.05, 0) is 48.2 Å². The molecule has 0 aromatic heterocycles. The molecule has 2 amide bonds. The number of benzene rings is 2. The minimum atomic E-state index is -0.545. The van der Waals surface area contributed by atoms with Crippen molar-refractivity contribution < 1.29 is 18.7 Å². The molecular formula is C24H31FN2O3S. The van der Waals surface area contributed by atoms with E-state index in [1.807, 2.05) is 38.1 Å². The van der Waals surface area contributed by atoms with Crippen LogP contribution in [0.25, 0.3) is 0 Å². The summed E-state index contributed by atoms with van der Waals surface area (Å²) in [6, 6.07) is 13.2. The summed E-state index contributed by atoms with van der Waals surface area (Å²) < 4.78 is 18.4. The van der Waals surface area contributed by atoms with E-state index >= 15 is 0 Å². The van der Waals surface area contributed by atoms with Crippen molar-refractivity contribution >= 4 is 23.6 Å². The number of hydrogen-bond acceptors (Lipinski definition) is 4. The largest absolute Gasteiger partial charge is 0.497 e. The van der Waals surface area contributed by atoms with Gasteiger partial charge in [0, 0.05) is 18.8 Å². The van der Waals surface area contributed by atoms with Crippen molar-refractivity contribution in [2.24, 2.45) is 0 Å². The number of nitrogens with one attached hydrogen (secondary N) is 1. The van der Waals surface area contributed by atoms with Gasteiger partial charge in [0.25, 0.3) is 0 Å². The van der Waals surface area contributed by atoms with Crippen molar-refractivity contribution in [3.63, 3.8) is 0 Å². The van der Waals surface area contributed by atoms with Crippen LogP contribution >= 0.6 is 11.8 Å². The van der Waals surface area contributed by atoms with Crippen molar-refractivity contribution in [2.75, 3.05) is 19.4 Å². The minimum Gasteiger partial charge on any atom is -0.497 e. The second-order valence-corrected chi connectivity index (χ2v) is 8.19. The van der Waals surface area contributed by atoms with Crippen LogP contribution in [0.15, 0.2) is 48.5 Å². The Morgan fingerprint density at radius 2 is 1.87 bits per heavy atom. The van der Waals surface area contributed by atoms with Gasteiger partial charge in [-0.15, -0.1) is 11.8 Å². The molecule has 1 N–H and O–H groups in total. The van der Waals surface area contributed by atoms with E-state index in [0.717, 1.165) is 17.5 Å². The van der Waals surface area contributed by atoms with Crippen molar-refractivity contribution in [3.05, 3.63) is 65.5 Å². The molecule has 2 rings (SSSR count). The standard InChI is InChI=1S/C24H31FN2O3S/c1-4-13-26-24(29)22(5-2)27(15-19-7-6-8-21(14-19)30-3)23(28)17-31-16-18-9-11-20(25)12-10-18/h6-12,14,22H,4-5,13,15-17H2,1-3H3,(H,26,29)/t22-/m1/s1. The number of ether oxygens (including phenoxy) is 1. The van der Waals surface area contributed by atoms with E-state index in [1.54, 1.807) is 24.1 Å². The van der Waals surface area contributed by atoms with Crippen molar-refractivity contribution in [1.29, 1.82) is 0 Å². The van der Waals surface area contributed by atoms with E-state index in [-0.39, 0.29) is 23.4 Å². The zero-order chi connectivity index (χ0) is 22.6. The average Bonchev–Trinajstić information content (AvgIpc) is 2.78. The lowest BCUT2D eigenvalue weighted by atomic mass is 10.1. The molecule has 0 fully saturated rings. The molecule has 0 aliphatic carbocycles. The highest BCUT2D eigenvalue weighted by Gasteiger charge is 2.28. The van der Waals surface area contributed by atoms with Gasteiger partial charge in [0.2, 0.25) is 11.8 Å². The van der Waals surface area contributed by atoms with E-state index in [1.165, 1.54) is 23.9 Å². The highest BCUT2D eigenvalue weighted by atomic mass is 32.2. The lowest BCUT2D eigenvalue weighted by molar-refractivity contribution is -0.139. The number of hydrogen-bond donors (Lipinski definition) is 1. The average molecular weight is 447 g/mol. The molecule has 5 nitrogen and oxygen atoms in total. The summed E-state index contributed by atoms with van der Waals surface area (Å²) in [6.45, 7) is 4.81. The molecule has 31 heavy (non-hydrogen) atoms. The van der Waals surface area contributed by atoms with Crippen LogP contribution in [-0.2, 0) is 21.9 Å². The molecular weight excluding hydrogens is 415 g/mol. The van der Waals surface area contributed by atoms with Gasteiger partial charge in [0.05, 0.1) is 12.9 Å². The Morgan fingerprint density at radius 1 is 1.13 bits per heavy atom. The zero-order valence-electron chi connectivity index (χ0n) is 18.4. The third-order valence-corrected chi connectivity index (χ3v) is 5.82. The van der Waals surface area contributed by atoms with Gasteiger partial charge >= 0.3 is 0 Å². The summed E-state index contributed by atoms with van der Waals surface area (Å²) in [5.41, 5.74) is 1.85. The maximum atomic E-state index is 13.2. The van der Waals surface area contributed by atoms with Crippen molar-refractivity contribution in [3.8, 4) is 5.75 Å². The number of carbonyl (C=O) groups excluding carboxylic acids is 2. The maximum Gasteiger partial charge on any atom is 0.242 e. The van der Waals surface area contributed by atoms with E-state index in [4.69, 9.17) is 4.74 Å². The molecule has 7 heteroatoms. The predicted molar refractivity (Wildman–Crippen MR) is 123 cm³/mol. The van der Waals surface area contributed by atoms with Gasteiger partial charge in [-0.25, -0.2) is 4.39 Å². The van der Waals surface area contributed by atoms with Crippen LogP contribution in [0.4, 0.5) is 4.39 Å². The van der Waals surface area contributed by atoms with E-state index in [0.29, 0.717) is 31.0 Å². The monoisotopic (exact) mass is 446 g/mol. The Bertz CT molecular complexity index is 845. The van der Waals surface area contributed by atoms with Crippen LogP contribution in [0.1, 0.15) is 37.8 Å². The number of carbonyl (C=O) groups is 2. The van der Waals surface area contributed by atoms with Gasteiger partial charge < -0.3 is 15.0 Å². The lowest BCUT2D eigenvalue weighted by Crippen LogP contribution is -2.49. The van der Waals surface area contributed by atoms with Crippen LogP contribution < -0.4 is 10.1 Å². The van der Waals surface area contributed by atoms with Crippen molar-refractivity contribution in [2.45, 2.75) is 45.0 Å².